The zero-order valence-electron chi connectivity index (χ0n) is 14.5. The zero-order chi connectivity index (χ0) is 17.6. The van der Waals surface area contributed by atoms with Gasteiger partial charge in [0.05, 0.1) is 5.69 Å². The molecule has 25 heavy (non-hydrogen) atoms. The van der Waals surface area contributed by atoms with Crippen LogP contribution in [0.2, 0.25) is 5.02 Å². The van der Waals surface area contributed by atoms with Crippen molar-refractivity contribution in [2.75, 3.05) is 18.4 Å². The molecule has 1 aliphatic rings. The SMILES string of the molecule is CC1CCCN(Cc2csc(NC(=O)CCc3ccc(Cl)cc3)n2)C1. The van der Waals surface area contributed by atoms with Crippen molar-refractivity contribution in [3.05, 3.63) is 45.9 Å². The second-order valence-corrected chi connectivity index (χ2v) is 8.10. The van der Waals surface area contributed by atoms with Crippen molar-refractivity contribution in [3.8, 4) is 0 Å². The number of nitrogens with zero attached hydrogens (tertiary/aromatic N) is 2. The molecule has 1 amide bonds. The molecule has 1 aromatic heterocycles. The standard InChI is InChI=1S/C19H24ClN3OS/c1-14-3-2-10-23(11-14)12-17-13-25-19(21-17)22-18(24)9-6-15-4-7-16(20)8-5-15/h4-5,7-8,13-14H,2-3,6,9-12H2,1H3,(H,21,22,24). The summed E-state index contributed by atoms with van der Waals surface area (Å²) in [5, 5.41) is 6.37. The molecular formula is C19H24ClN3OS. The molecule has 2 heterocycles. The first kappa shape index (κ1) is 18.4. The maximum absolute atomic E-state index is 12.1. The molecule has 1 fully saturated rings. The Balaban J connectivity index is 1.45. The highest BCUT2D eigenvalue weighted by atomic mass is 35.5. The number of carbonyl (C=O) groups excluding carboxylic acids is 1. The van der Waals surface area contributed by atoms with E-state index in [9.17, 15) is 4.79 Å². The fourth-order valence-corrected chi connectivity index (χ4v) is 4.03. The van der Waals surface area contributed by atoms with Crippen molar-refractivity contribution >= 4 is 34.0 Å². The van der Waals surface area contributed by atoms with Crippen LogP contribution in [-0.4, -0.2) is 28.9 Å². The van der Waals surface area contributed by atoms with Gasteiger partial charge < -0.3 is 5.32 Å². The maximum Gasteiger partial charge on any atom is 0.226 e. The number of hydrogen-bond acceptors (Lipinski definition) is 4. The Hall–Kier alpha value is -1.43. The first-order valence-corrected chi connectivity index (χ1v) is 10.1. The number of thiazole rings is 1. The molecule has 0 spiro atoms. The number of aryl methyl sites for hydroxylation is 1. The van der Waals surface area contributed by atoms with E-state index in [0.717, 1.165) is 36.8 Å². The molecule has 2 aromatic rings. The Labute approximate surface area is 158 Å². The molecule has 0 bridgehead atoms. The molecule has 4 nitrogen and oxygen atoms in total. The van der Waals surface area contributed by atoms with Gasteiger partial charge in [-0.15, -0.1) is 11.3 Å². The smallest absolute Gasteiger partial charge is 0.226 e. The van der Waals surface area contributed by atoms with E-state index in [-0.39, 0.29) is 5.91 Å². The summed E-state index contributed by atoms with van der Waals surface area (Å²) in [6.45, 7) is 5.46. The lowest BCUT2D eigenvalue weighted by atomic mass is 10.0. The summed E-state index contributed by atoms with van der Waals surface area (Å²) in [4.78, 5) is 19.1. The number of carbonyl (C=O) groups is 1. The monoisotopic (exact) mass is 377 g/mol. The quantitative estimate of drug-likeness (QED) is 0.800. The van der Waals surface area contributed by atoms with Gasteiger partial charge in [0.2, 0.25) is 5.91 Å². The van der Waals surface area contributed by atoms with Gasteiger partial charge in [0, 0.05) is 29.9 Å². The average Bonchev–Trinajstić information content (AvgIpc) is 3.01. The van der Waals surface area contributed by atoms with Crippen molar-refractivity contribution < 1.29 is 4.79 Å². The lowest BCUT2D eigenvalue weighted by molar-refractivity contribution is -0.116. The van der Waals surface area contributed by atoms with Gasteiger partial charge in [0.15, 0.2) is 5.13 Å². The Morgan fingerprint density at radius 2 is 2.20 bits per heavy atom. The molecule has 0 radical (unpaired) electrons. The average molecular weight is 378 g/mol. The first-order chi connectivity index (χ1) is 12.1. The summed E-state index contributed by atoms with van der Waals surface area (Å²) in [6, 6.07) is 7.61. The molecule has 3 rings (SSSR count). The van der Waals surface area contributed by atoms with Crippen LogP contribution in [0.4, 0.5) is 5.13 Å². The lowest BCUT2D eigenvalue weighted by Gasteiger charge is -2.30. The van der Waals surface area contributed by atoms with E-state index < -0.39 is 0 Å². The van der Waals surface area contributed by atoms with Gasteiger partial charge in [0.1, 0.15) is 0 Å². The summed E-state index contributed by atoms with van der Waals surface area (Å²) in [7, 11) is 0. The molecule has 1 unspecified atom stereocenters. The maximum atomic E-state index is 12.1. The highest BCUT2D eigenvalue weighted by molar-refractivity contribution is 7.13. The van der Waals surface area contributed by atoms with E-state index >= 15 is 0 Å². The highest BCUT2D eigenvalue weighted by Crippen LogP contribution is 2.21. The van der Waals surface area contributed by atoms with Crippen LogP contribution >= 0.6 is 22.9 Å². The predicted octanol–water partition coefficient (Wildman–Crippen LogP) is 4.60. The number of piperidine rings is 1. The van der Waals surface area contributed by atoms with Crippen LogP contribution in [0.5, 0.6) is 0 Å². The van der Waals surface area contributed by atoms with Gasteiger partial charge in [0.25, 0.3) is 0 Å². The molecule has 134 valence electrons. The van der Waals surface area contributed by atoms with Crippen LogP contribution in [-0.2, 0) is 17.8 Å². The second kappa shape index (κ2) is 8.79. The van der Waals surface area contributed by atoms with Crippen molar-refractivity contribution in [1.29, 1.82) is 0 Å². The molecule has 0 saturated carbocycles. The minimum Gasteiger partial charge on any atom is -0.302 e. The van der Waals surface area contributed by atoms with E-state index in [1.807, 2.05) is 29.6 Å². The number of rotatable bonds is 6. The topological polar surface area (TPSA) is 45.2 Å². The normalized spacial score (nSPS) is 18.2. The molecule has 1 N–H and O–H groups in total. The zero-order valence-corrected chi connectivity index (χ0v) is 16.1. The number of amides is 1. The van der Waals surface area contributed by atoms with Gasteiger partial charge in [-0.05, 0) is 49.4 Å². The third-order valence-corrected chi connectivity index (χ3v) is 5.54. The summed E-state index contributed by atoms with van der Waals surface area (Å²) >= 11 is 7.38. The molecule has 1 aromatic carbocycles. The van der Waals surface area contributed by atoms with Gasteiger partial charge in [-0.1, -0.05) is 30.7 Å². The summed E-state index contributed by atoms with van der Waals surface area (Å²) < 4.78 is 0. The number of likely N-dealkylation sites (tertiary alicyclic amines) is 1. The van der Waals surface area contributed by atoms with Crippen molar-refractivity contribution in [2.24, 2.45) is 5.92 Å². The fraction of sp³-hybridized carbons (Fsp3) is 0.474. The van der Waals surface area contributed by atoms with E-state index in [0.29, 0.717) is 23.0 Å². The molecule has 1 saturated heterocycles. The third-order valence-electron chi connectivity index (χ3n) is 4.48. The van der Waals surface area contributed by atoms with Crippen molar-refractivity contribution in [3.63, 3.8) is 0 Å². The second-order valence-electron chi connectivity index (χ2n) is 6.80. The Bertz CT molecular complexity index is 701. The number of anilines is 1. The van der Waals surface area contributed by atoms with Crippen LogP contribution in [0.25, 0.3) is 0 Å². The molecule has 0 aliphatic carbocycles. The molecule has 1 aliphatic heterocycles. The van der Waals surface area contributed by atoms with Crippen LogP contribution in [0.1, 0.15) is 37.4 Å². The van der Waals surface area contributed by atoms with E-state index in [1.54, 1.807) is 0 Å². The van der Waals surface area contributed by atoms with Crippen molar-refractivity contribution in [1.82, 2.24) is 9.88 Å². The van der Waals surface area contributed by atoms with Crippen LogP contribution in [0.15, 0.2) is 29.6 Å². The number of hydrogen-bond donors (Lipinski definition) is 1. The Morgan fingerprint density at radius 3 is 2.96 bits per heavy atom. The highest BCUT2D eigenvalue weighted by Gasteiger charge is 2.17. The first-order valence-electron chi connectivity index (χ1n) is 8.79. The van der Waals surface area contributed by atoms with Gasteiger partial charge >= 0.3 is 0 Å². The number of aromatic nitrogens is 1. The minimum atomic E-state index is 0.00226. The summed E-state index contributed by atoms with van der Waals surface area (Å²) in [5.74, 6) is 0.766. The Morgan fingerprint density at radius 1 is 1.40 bits per heavy atom. The van der Waals surface area contributed by atoms with Gasteiger partial charge in [-0.3, -0.25) is 9.69 Å². The fourth-order valence-electron chi connectivity index (χ4n) is 3.19. The largest absolute Gasteiger partial charge is 0.302 e. The molecule has 6 heteroatoms. The number of halogens is 1. The molecule has 1 atom stereocenters. The lowest BCUT2D eigenvalue weighted by Crippen LogP contribution is -2.33. The molecular weight excluding hydrogens is 354 g/mol. The van der Waals surface area contributed by atoms with Crippen LogP contribution < -0.4 is 5.32 Å². The summed E-state index contributed by atoms with van der Waals surface area (Å²) in [5.41, 5.74) is 2.16. The van der Waals surface area contributed by atoms with E-state index in [2.05, 4.69) is 22.1 Å². The van der Waals surface area contributed by atoms with Crippen molar-refractivity contribution in [2.45, 2.75) is 39.2 Å². The minimum absolute atomic E-state index is 0.00226. The van der Waals surface area contributed by atoms with Crippen LogP contribution in [0, 0.1) is 5.92 Å². The number of benzene rings is 1. The third kappa shape index (κ3) is 5.80. The van der Waals surface area contributed by atoms with Crippen LogP contribution in [0.3, 0.4) is 0 Å². The van der Waals surface area contributed by atoms with E-state index in [4.69, 9.17) is 11.6 Å². The predicted molar refractivity (Wildman–Crippen MR) is 104 cm³/mol. The van der Waals surface area contributed by atoms with Gasteiger partial charge in [-0.2, -0.15) is 0 Å². The van der Waals surface area contributed by atoms with Gasteiger partial charge in [-0.25, -0.2) is 4.98 Å². The number of nitrogens with one attached hydrogen (secondary N) is 1. The Kier molecular flexibility index (Phi) is 6.45. The summed E-state index contributed by atoms with van der Waals surface area (Å²) in [6.07, 6.45) is 3.73. The van der Waals surface area contributed by atoms with E-state index in [1.165, 1.54) is 24.2 Å².